The lowest BCUT2D eigenvalue weighted by molar-refractivity contribution is 0.319. The molecule has 1 heterocycles. The van der Waals surface area contributed by atoms with E-state index in [-0.39, 0.29) is 0 Å². The van der Waals surface area contributed by atoms with E-state index in [9.17, 15) is 0 Å². The average molecular weight is 236 g/mol. The second-order valence-corrected chi connectivity index (χ2v) is 4.97. The van der Waals surface area contributed by atoms with Crippen LogP contribution in [-0.4, -0.2) is 41.8 Å². The highest BCUT2D eigenvalue weighted by molar-refractivity contribution is 5.29. The van der Waals surface area contributed by atoms with Gasteiger partial charge in [0.25, 0.3) is 0 Å². The van der Waals surface area contributed by atoms with Gasteiger partial charge in [0.1, 0.15) is 0 Å². The number of hydrogen-bond donors (Lipinski definition) is 2. The number of aryl methyl sites for hydroxylation is 1. The Morgan fingerprint density at radius 2 is 2.24 bits per heavy atom. The maximum Gasteiger partial charge on any atom is 0.0796 e. The van der Waals surface area contributed by atoms with Crippen LogP contribution < -0.4 is 5.32 Å². The second kappa shape index (κ2) is 6.17. The highest BCUT2D eigenvalue weighted by Gasteiger charge is 2.18. The number of likely N-dealkylation sites (N-methyl/N-ethyl adjacent to an activating group) is 1. The van der Waals surface area contributed by atoms with E-state index >= 15 is 0 Å². The van der Waals surface area contributed by atoms with Crippen LogP contribution in [0.25, 0.3) is 0 Å². The Morgan fingerprint density at radius 1 is 1.35 bits per heavy atom. The van der Waals surface area contributed by atoms with Crippen molar-refractivity contribution in [3.8, 4) is 0 Å². The summed E-state index contributed by atoms with van der Waals surface area (Å²) in [4.78, 5) is 2.34. The lowest BCUT2D eigenvalue weighted by atomic mass is 10.2. The van der Waals surface area contributed by atoms with Gasteiger partial charge in [0, 0.05) is 25.3 Å². The number of hydrogen-bond acceptors (Lipinski definition) is 3. The zero-order chi connectivity index (χ0) is 12.1. The first-order chi connectivity index (χ1) is 8.31. The van der Waals surface area contributed by atoms with Crippen LogP contribution in [0, 0.1) is 0 Å². The molecule has 0 spiro atoms. The van der Waals surface area contributed by atoms with Crippen molar-refractivity contribution in [2.75, 3.05) is 26.7 Å². The molecule has 1 aliphatic carbocycles. The van der Waals surface area contributed by atoms with Gasteiger partial charge in [0.05, 0.1) is 5.69 Å². The summed E-state index contributed by atoms with van der Waals surface area (Å²) in [6.07, 6.45) is 4.89. The zero-order valence-corrected chi connectivity index (χ0v) is 11.1. The summed E-state index contributed by atoms with van der Waals surface area (Å²) in [5.41, 5.74) is 4.12. The van der Waals surface area contributed by atoms with Crippen molar-refractivity contribution in [3.05, 3.63) is 17.0 Å². The summed E-state index contributed by atoms with van der Waals surface area (Å²) in [6, 6.07) is 0. The first kappa shape index (κ1) is 12.6. The Bertz CT molecular complexity index is 345. The highest BCUT2D eigenvalue weighted by atomic mass is 15.2. The van der Waals surface area contributed by atoms with Crippen molar-refractivity contribution >= 4 is 0 Å². The van der Waals surface area contributed by atoms with E-state index in [1.165, 1.54) is 42.6 Å². The third kappa shape index (κ3) is 3.30. The van der Waals surface area contributed by atoms with Gasteiger partial charge in [0.15, 0.2) is 0 Å². The predicted molar refractivity (Wildman–Crippen MR) is 70.1 cm³/mol. The lowest BCUT2D eigenvalue weighted by Crippen LogP contribution is -2.29. The van der Waals surface area contributed by atoms with Crippen molar-refractivity contribution in [3.63, 3.8) is 0 Å². The molecule has 0 atom stereocenters. The fourth-order valence-electron chi connectivity index (χ4n) is 2.43. The largest absolute Gasteiger partial charge is 0.315 e. The number of aromatic amines is 1. The minimum atomic E-state index is 0.972. The van der Waals surface area contributed by atoms with Crippen LogP contribution in [0.2, 0.25) is 0 Å². The fraction of sp³-hybridized carbons (Fsp3) is 0.769. The molecule has 0 aromatic carbocycles. The van der Waals surface area contributed by atoms with E-state index in [0.29, 0.717) is 0 Å². The van der Waals surface area contributed by atoms with E-state index < -0.39 is 0 Å². The van der Waals surface area contributed by atoms with Crippen molar-refractivity contribution in [1.82, 2.24) is 20.4 Å². The maximum absolute atomic E-state index is 4.44. The van der Waals surface area contributed by atoms with Gasteiger partial charge in [-0.1, -0.05) is 6.92 Å². The summed E-state index contributed by atoms with van der Waals surface area (Å²) >= 11 is 0. The molecule has 0 aliphatic heterocycles. The van der Waals surface area contributed by atoms with Crippen molar-refractivity contribution in [2.24, 2.45) is 0 Å². The molecule has 0 unspecified atom stereocenters. The Labute approximate surface area is 104 Å². The number of H-pyrrole nitrogens is 1. The maximum atomic E-state index is 4.44. The predicted octanol–water partition coefficient (Wildman–Crippen LogP) is 1.33. The summed E-state index contributed by atoms with van der Waals surface area (Å²) in [6.45, 7) is 6.44. The third-order valence-corrected chi connectivity index (χ3v) is 3.41. The Morgan fingerprint density at radius 3 is 3.06 bits per heavy atom. The minimum absolute atomic E-state index is 0.972. The molecule has 2 rings (SSSR count). The van der Waals surface area contributed by atoms with Gasteiger partial charge >= 0.3 is 0 Å². The number of aromatic nitrogens is 2. The van der Waals surface area contributed by atoms with Crippen molar-refractivity contribution in [1.29, 1.82) is 0 Å². The second-order valence-electron chi connectivity index (χ2n) is 4.97. The molecule has 0 saturated carbocycles. The van der Waals surface area contributed by atoms with Crippen molar-refractivity contribution in [2.45, 2.75) is 39.2 Å². The number of nitrogens with zero attached hydrogens (tertiary/aromatic N) is 2. The van der Waals surface area contributed by atoms with Gasteiger partial charge < -0.3 is 5.32 Å². The summed E-state index contributed by atoms with van der Waals surface area (Å²) in [7, 11) is 2.17. The quantitative estimate of drug-likeness (QED) is 0.702. The summed E-state index contributed by atoms with van der Waals surface area (Å²) in [5.74, 6) is 0. The van der Waals surface area contributed by atoms with Crippen LogP contribution in [0.5, 0.6) is 0 Å². The monoisotopic (exact) mass is 236 g/mol. The van der Waals surface area contributed by atoms with Gasteiger partial charge in [-0.25, -0.2) is 0 Å². The smallest absolute Gasteiger partial charge is 0.0796 e. The van der Waals surface area contributed by atoms with E-state index in [2.05, 4.69) is 34.4 Å². The van der Waals surface area contributed by atoms with Crippen LogP contribution in [0.3, 0.4) is 0 Å². The molecule has 1 aromatic heterocycles. The van der Waals surface area contributed by atoms with E-state index in [0.717, 1.165) is 26.2 Å². The standard InChI is InChI=1S/C13H24N4/c1-3-7-14-8-9-17(2)10-13-11-5-4-6-12(11)15-16-13/h14H,3-10H2,1-2H3,(H,15,16). The number of nitrogens with one attached hydrogen (secondary N) is 2. The average Bonchev–Trinajstić information content (AvgIpc) is 2.89. The number of rotatable bonds is 7. The molecule has 96 valence electrons. The molecule has 17 heavy (non-hydrogen) atoms. The molecule has 2 N–H and O–H groups in total. The first-order valence-corrected chi connectivity index (χ1v) is 6.75. The van der Waals surface area contributed by atoms with E-state index in [4.69, 9.17) is 0 Å². The van der Waals surface area contributed by atoms with Crippen LogP contribution in [0.15, 0.2) is 0 Å². The first-order valence-electron chi connectivity index (χ1n) is 6.75. The molecule has 4 nitrogen and oxygen atoms in total. The molecule has 0 fully saturated rings. The zero-order valence-electron chi connectivity index (χ0n) is 11.1. The molecule has 0 radical (unpaired) electrons. The molecule has 1 aromatic rings. The van der Waals surface area contributed by atoms with Crippen LogP contribution in [0.4, 0.5) is 0 Å². The minimum Gasteiger partial charge on any atom is -0.315 e. The molecular weight excluding hydrogens is 212 g/mol. The Balaban J connectivity index is 1.76. The topological polar surface area (TPSA) is 44.0 Å². The SMILES string of the molecule is CCCNCCN(C)Cc1n[nH]c2c1CCC2. The van der Waals surface area contributed by atoms with Gasteiger partial charge in [-0.3, -0.25) is 10.00 Å². The lowest BCUT2D eigenvalue weighted by Gasteiger charge is -2.16. The van der Waals surface area contributed by atoms with Crippen LogP contribution in [0.1, 0.15) is 36.7 Å². The number of fused-ring (bicyclic) bond motifs is 1. The van der Waals surface area contributed by atoms with E-state index in [1.807, 2.05) is 0 Å². The molecule has 0 saturated heterocycles. The van der Waals surface area contributed by atoms with Gasteiger partial charge in [-0.05, 0) is 44.8 Å². The molecule has 4 heteroatoms. The summed E-state index contributed by atoms with van der Waals surface area (Å²) < 4.78 is 0. The Hall–Kier alpha value is -0.870. The van der Waals surface area contributed by atoms with Crippen LogP contribution in [-0.2, 0) is 19.4 Å². The van der Waals surface area contributed by atoms with Gasteiger partial charge in [0.2, 0.25) is 0 Å². The normalized spacial score (nSPS) is 14.5. The van der Waals surface area contributed by atoms with E-state index in [1.54, 1.807) is 0 Å². The molecule has 0 amide bonds. The van der Waals surface area contributed by atoms with Crippen molar-refractivity contribution < 1.29 is 0 Å². The fourth-order valence-corrected chi connectivity index (χ4v) is 2.43. The highest BCUT2D eigenvalue weighted by Crippen LogP contribution is 2.23. The van der Waals surface area contributed by atoms with Crippen LogP contribution >= 0.6 is 0 Å². The Kier molecular flexibility index (Phi) is 4.57. The van der Waals surface area contributed by atoms with Gasteiger partial charge in [-0.2, -0.15) is 5.10 Å². The molecule has 0 bridgehead atoms. The van der Waals surface area contributed by atoms with Gasteiger partial charge in [-0.15, -0.1) is 0 Å². The summed E-state index contributed by atoms with van der Waals surface area (Å²) in [5, 5.41) is 11.0. The molecular formula is C13H24N4. The third-order valence-electron chi connectivity index (χ3n) is 3.41. The molecule has 1 aliphatic rings.